The number of carbonyl (C=O) groups excluding carboxylic acids is 2. The first kappa shape index (κ1) is 27.7. The zero-order valence-electron chi connectivity index (χ0n) is 17.4. The molecule has 2 aliphatic rings. The van der Waals surface area contributed by atoms with Crippen molar-refractivity contribution in [1.29, 1.82) is 0 Å². The minimum atomic E-state index is -1.82. The highest BCUT2D eigenvalue weighted by Gasteiger charge is 2.40. The normalized spacial score (nSPS) is 17.3. The standard InChI is InChI=1S/2C8H15NO3.C2H2O4/c2*1-2-12-7(10)3-8(4-9)5-11-6-8;3-1(4)2(5)6/h2*2-6,9H2,1H3;(H,3,4)(H,5,6). The fraction of sp³-hybridized carbons (Fsp3) is 0.778. The second kappa shape index (κ2) is 13.9. The van der Waals surface area contributed by atoms with Gasteiger partial charge >= 0.3 is 23.9 Å². The molecule has 174 valence electrons. The Balaban J connectivity index is 0.000000447. The van der Waals surface area contributed by atoms with Gasteiger partial charge in [0.2, 0.25) is 0 Å². The molecule has 6 N–H and O–H groups in total. The number of esters is 2. The number of aliphatic carboxylic acids is 2. The zero-order valence-corrected chi connectivity index (χ0v) is 17.4. The highest BCUT2D eigenvalue weighted by atomic mass is 16.5. The van der Waals surface area contributed by atoms with Crippen molar-refractivity contribution in [3.8, 4) is 0 Å². The van der Waals surface area contributed by atoms with Crippen molar-refractivity contribution in [2.24, 2.45) is 22.3 Å². The average Bonchev–Trinajstić information content (AvgIpc) is 2.63. The van der Waals surface area contributed by atoms with Crippen LogP contribution in [0.1, 0.15) is 26.7 Å². The van der Waals surface area contributed by atoms with E-state index in [1.165, 1.54) is 0 Å². The van der Waals surface area contributed by atoms with E-state index in [-0.39, 0.29) is 22.8 Å². The topological polar surface area (TPSA) is 198 Å². The fourth-order valence-corrected chi connectivity index (χ4v) is 2.40. The predicted molar refractivity (Wildman–Crippen MR) is 102 cm³/mol. The van der Waals surface area contributed by atoms with Crippen molar-refractivity contribution in [2.45, 2.75) is 26.7 Å². The molecule has 0 radical (unpaired) electrons. The van der Waals surface area contributed by atoms with Gasteiger partial charge < -0.3 is 40.6 Å². The minimum Gasteiger partial charge on any atom is -0.473 e. The second-order valence-electron chi connectivity index (χ2n) is 6.97. The van der Waals surface area contributed by atoms with E-state index < -0.39 is 11.9 Å². The first-order chi connectivity index (χ1) is 14.1. The van der Waals surface area contributed by atoms with Gasteiger partial charge in [0, 0.05) is 23.9 Å². The molecule has 2 saturated heterocycles. The quantitative estimate of drug-likeness (QED) is 0.267. The van der Waals surface area contributed by atoms with Crippen molar-refractivity contribution >= 4 is 23.9 Å². The molecule has 2 fully saturated rings. The van der Waals surface area contributed by atoms with Gasteiger partial charge in [-0.3, -0.25) is 9.59 Å². The SMILES string of the molecule is CCOC(=O)CC1(CN)COC1.CCOC(=O)CC1(CN)COC1.O=C(O)C(=O)O. The summed E-state index contributed by atoms with van der Waals surface area (Å²) in [5, 5.41) is 14.8. The summed E-state index contributed by atoms with van der Waals surface area (Å²) in [6.45, 7) is 7.78. The van der Waals surface area contributed by atoms with Crippen LogP contribution in [0.2, 0.25) is 0 Å². The van der Waals surface area contributed by atoms with Gasteiger partial charge in [0.15, 0.2) is 0 Å². The Morgan fingerprint density at radius 2 is 1.07 bits per heavy atom. The molecule has 0 aromatic carbocycles. The number of hydrogen-bond donors (Lipinski definition) is 4. The van der Waals surface area contributed by atoms with Gasteiger partial charge in [-0.2, -0.15) is 0 Å². The highest BCUT2D eigenvalue weighted by molar-refractivity contribution is 6.27. The van der Waals surface area contributed by atoms with Gasteiger partial charge in [0.1, 0.15) is 0 Å². The number of carboxylic acid groups (broad SMARTS) is 2. The van der Waals surface area contributed by atoms with Crippen molar-refractivity contribution in [1.82, 2.24) is 0 Å². The smallest absolute Gasteiger partial charge is 0.414 e. The van der Waals surface area contributed by atoms with E-state index in [9.17, 15) is 9.59 Å². The van der Waals surface area contributed by atoms with Crippen LogP contribution in [0.15, 0.2) is 0 Å². The third-order valence-corrected chi connectivity index (χ3v) is 4.33. The summed E-state index contributed by atoms with van der Waals surface area (Å²) >= 11 is 0. The summed E-state index contributed by atoms with van der Waals surface area (Å²) in [7, 11) is 0. The van der Waals surface area contributed by atoms with E-state index in [2.05, 4.69) is 0 Å². The van der Waals surface area contributed by atoms with E-state index in [0.29, 0.717) is 65.6 Å². The number of hydrogen-bond acceptors (Lipinski definition) is 10. The largest absolute Gasteiger partial charge is 0.473 e. The molecule has 0 aromatic heterocycles. The van der Waals surface area contributed by atoms with E-state index in [1.54, 1.807) is 13.8 Å². The molecule has 12 nitrogen and oxygen atoms in total. The lowest BCUT2D eigenvalue weighted by Crippen LogP contribution is -2.49. The molecule has 2 heterocycles. The summed E-state index contributed by atoms with van der Waals surface area (Å²) in [4.78, 5) is 40.4. The molecule has 0 atom stereocenters. The summed E-state index contributed by atoms with van der Waals surface area (Å²) < 4.78 is 19.7. The summed E-state index contributed by atoms with van der Waals surface area (Å²) in [5.74, 6) is -4.00. The van der Waals surface area contributed by atoms with Gasteiger partial charge in [0.05, 0.1) is 52.5 Å². The summed E-state index contributed by atoms with van der Waals surface area (Å²) in [6, 6.07) is 0. The molecule has 0 amide bonds. The lowest BCUT2D eigenvalue weighted by atomic mass is 9.83. The third kappa shape index (κ3) is 9.96. The van der Waals surface area contributed by atoms with Crippen LogP contribution in [0, 0.1) is 10.8 Å². The molecular weight excluding hydrogens is 404 g/mol. The first-order valence-electron chi connectivity index (χ1n) is 9.42. The van der Waals surface area contributed by atoms with Crippen LogP contribution in [0.4, 0.5) is 0 Å². The van der Waals surface area contributed by atoms with Gasteiger partial charge in [-0.1, -0.05) is 0 Å². The minimum absolute atomic E-state index is 0.133. The molecule has 0 aliphatic carbocycles. The lowest BCUT2D eigenvalue weighted by molar-refractivity contribution is -0.160. The van der Waals surface area contributed by atoms with E-state index in [1.807, 2.05) is 0 Å². The Hall–Kier alpha value is -2.28. The fourth-order valence-electron chi connectivity index (χ4n) is 2.40. The molecule has 12 heteroatoms. The maximum Gasteiger partial charge on any atom is 0.414 e. The number of carbonyl (C=O) groups is 4. The van der Waals surface area contributed by atoms with Crippen molar-refractivity contribution in [3.63, 3.8) is 0 Å². The molecule has 0 bridgehead atoms. The van der Waals surface area contributed by atoms with Crippen LogP contribution in [-0.2, 0) is 38.1 Å². The van der Waals surface area contributed by atoms with Crippen LogP contribution in [0.5, 0.6) is 0 Å². The van der Waals surface area contributed by atoms with Gasteiger partial charge in [-0.15, -0.1) is 0 Å². The van der Waals surface area contributed by atoms with Crippen molar-refractivity contribution in [2.75, 3.05) is 52.7 Å². The average molecular weight is 436 g/mol. The predicted octanol–water partition coefficient (Wildman–Crippen LogP) is -1.01. The maximum atomic E-state index is 11.1. The molecular formula is C18H32N2O10. The number of nitrogens with two attached hydrogens (primary N) is 2. The Labute approximate surface area is 174 Å². The van der Waals surface area contributed by atoms with Crippen LogP contribution >= 0.6 is 0 Å². The van der Waals surface area contributed by atoms with Crippen LogP contribution < -0.4 is 11.5 Å². The molecule has 2 rings (SSSR count). The van der Waals surface area contributed by atoms with Crippen LogP contribution in [-0.4, -0.2) is 86.8 Å². The molecule has 2 aliphatic heterocycles. The van der Waals surface area contributed by atoms with E-state index in [0.717, 1.165) is 0 Å². The van der Waals surface area contributed by atoms with Crippen LogP contribution in [0.25, 0.3) is 0 Å². The molecule has 0 aromatic rings. The Morgan fingerprint density at radius 1 is 0.767 bits per heavy atom. The lowest BCUT2D eigenvalue weighted by Gasteiger charge is -2.39. The van der Waals surface area contributed by atoms with Gasteiger partial charge in [-0.05, 0) is 13.8 Å². The Morgan fingerprint density at radius 3 is 1.20 bits per heavy atom. The van der Waals surface area contributed by atoms with Gasteiger partial charge in [-0.25, -0.2) is 9.59 Å². The molecule has 0 spiro atoms. The highest BCUT2D eigenvalue weighted by Crippen LogP contribution is 2.31. The molecule has 0 saturated carbocycles. The Bertz CT molecular complexity index is 512. The van der Waals surface area contributed by atoms with Crippen LogP contribution in [0.3, 0.4) is 0 Å². The maximum absolute atomic E-state index is 11.1. The number of rotatable bonds is 8. The van der Waals surface area contributed by atoms with E-state index >= 15 is 0 Å². The zero-order chi connectivity index (χ0) is 23.2. The second-order valence-corrected chi connectivity index (χ2v) is 6.97. The molecule has 30 heavy (non-hydrogen) atoms. The Kier molecular flexibility index (Phi) is 12.8. The van der Waals surface area contributed by atoms with Gasteiger partial charge in [0.25, 0.3) is 0 Å². The number of ether oxygens (including phenoxy) is 4. The first-order valence-corrected chi connectivity index (χ1v) is 9.42. The monoisotopic (exact) mass is 436 g/mol. The third-order valence-electron chi connectivity index (χ3n) is 4.33. The van der Waals surface area contributed by atoms with Crippen molar-refractivity contribution in [3.05, 3.63) is 0 Å². The summed E-state index contributed by atoms with van der Waals surface area (Å²) in [6.07, 6.45) is 0.772. The summed E-state index contributed by atoms with van der Waals surface area (Å²) in [5.41, 5.74) is 10.8. The van der Waals surface area contributed by atoms with E-state index in [4.69, 9.17) is 50.2 Å². The molecule has 0 unspecified atom stereocenters. The van der Waals surface area contributed by atoms with Crippen molar-refractivity contribution < 1.29 is 48.3 Å². The number of carboxylic acids is 2.